The van der Waals surface area contributed by atoms with E-state index in [2.05, 4.69) is 15.9 Å². The first-order valence-corrected chi connectivity index (χ1v) is 5.83. The molecular formula is C9H5BrCl2F4O. The van der Waals surface area contributed by atoms with E-state index >= 15 is 0 Å². The molecule has 0 amide bonds. The highest BCUT2D eigenvalue weighted by atomic mass is 79.9. The van der Waals surface area contributed by atoms with Crippen LogP contribution in [0.1, 0.15) is 17.2 Å². The van der Waals surface area contributed by atoms with Gasteiger partial charge in [-0.15, -0.1) is 23.2 Å². The SMILES string of the molecule is OC(c1cc(C(F)(F)F)c(Br)cc1F)C(Cl)Cl. The lowest BCUT2D eigenvalue weighted by molar-refractivity contribution is -0.138. The maximum Gasteiger partial charge on any atom is 0.417 e. The van der Waals surface area contributed by atoms with Crippen molar-refractivity contribution in [1.29, 1.82) is 0 Å². The quantitative estimate of drug-likeness (QED) is 0.614. The molecule has 0 bridgehead atoms. The zero-order chi connectivity index (χ0) is 13.4. The van der Waals surface area contributed by atoms with Gasteiger partial charge in [-0.1, -0.05) is 15.9 Å². The fourth-order valence-electron chi connectivity index (χ4n) is 1.15. The summed E-state index contributed by atoms with van der Waals surface area (Å²) >= 11 is 13.2. The van der Waals surface area contributed by atoms with Gasteiger partial charge in [0.2, 0.25) is 0 Å². The molecule has 96 valence electrons. The third-order valence-electron chi connectivity index (χ3n) is 1.95. The van der Waals surface area contributed by atoms with Gasteiger partial charge in [-0.25, -0.2) is 4.39 Å². The topological polar surface area (TPSA) is 20.2 Å². The monoisotopic (exact) mass is 354 g/mol. The van der Waals surface area contributed by atoms with Crippen LogP contribution in [0.5, 0.6) is 0 Å². The number of halogens is 7. The molecule has 0 saturated heterocycles. The molecule has 1 aromatic rings. The number of hydrogen-bond acceptors (Lipinski definition) is 1. The molecule has 1 N–H and O–H groups in total. The van der Waals surface area contributed by atoms with Gasteiger partial charge in [0.05, 0.1) is 5.56 Å². The first-order chi connectivity index (χ1) is 7.64. The van der Waals surface area contributed by atoms with Gasteiger partial charge in [-0.3, -0.25) is 0 Å². The smallest absolute Gasteiger partial charge is 0.385 e. The first kappa shape index (κ1) is 15.0. The molecule has 0 heterocycles. The minimum absolute atomic E-state index is 0.459. The predicted molar refractivity (Wildman–Crippen MR) is 59.6 cm³/mol. The highest BCUT2D eigenvalue weighted by Crippen LogP contribution is 2.38. The van der Waals surface area contributed by atoms with Gasteiger partial charge in [-0.2, -0.15) is 13.2 Å². The van der Waals surface area contributed by atoms with Crippen molar-refractivity contribution in [1.82, 2.24) is 0 Å². The molecule has 8 heteroatoms. The largest absolute Gasteiger partial charge is 0.417 e. The van der Waals surface area contributed by atoms with Crippen LogP contribution in [0.15, 0.2) is 16.6 Å². The van der Waals surface area contributed by atoms with Crippen molar-refractivity contribution in [3.05, 3.63) is 33.5 Å². The lowest BCUT2D eigenvalue weighted by Gasteiger charge is -2.16. The highest BCUT2D eigenvalue weighted by Gasteiger charge is 2.35. The van der Waals surface area contributed by atoms with Crippen LogP contribution < -0.4 is 0 Å². The van der Waals surface area contributed by atoms with E-state index in [1.165, 1.54) is 0 Å². The van der Waals surface area contributed by atoms with Gasteiger partial charge in [-0.05, 0) is 12.1 Å². The van der Waals surface area contributed by atoms with Gasteiger partial charge in [0.1, 0.15) is 16.8 Å². The van der Waals surface area contributed by atoms with Gasteiger partial charge < -0.3 is 5.11 Å². The van der Waals surface area contributed by atoms with Gasteiger partial charge in [0.25, 0.3) is 0 Å². The summed E-state index contributed by atoms with van der Waals surface area (Å²) in [6, 6.07) is 1.08. The normalized spacial score (nSPS) is 14.2. The van der Waals surface area contributed by atoms with Crippen molar-refractivity contribution < 1.29 is 22.7 Å². The van der Waals surface area contributed by atoms with E-state index in [9.17, 15) is 22.7 Å². The van der Waals surface area contributed by atoms with E-state index in [-0.39, 0.29) is 0 Å². The minimum Gasteiger partial charge on any atom is -0.385 e. The van der Waals surface area contributed by atoms with E-state index in [1.807, 2.05) is 0 Å². The third kappa shape index (κ3) is 3.47. The molecule has 17 heavy (non-hydrogen) atoms. The molecule has 1 unspecified atom stereocenters. The Morgan fingerprint density at radius 1 is 1.24 bits per heavy atom. The standard InChI is InChI=1S/C9H5BrCl2F4O/c10-5-2-6(13)3(7(17)8(11)12)1-4(5)9(14,15)16/h1-2,7-8,17H. The molecule has 0 aliphatic rings. The zero-order valence-electron chi connectivity index (χ0n) is 7.90. The van der Waals surface area contributed by atoms with E-state index in [0.29, 0.717) is 12.1 Å². The number of alkyl halides is 5. The molecular weight excluding hydrogens is 351 g/mol. The lowest BCUT2D eigenvalue weighted by atomic mass is 10.1. The molecule has 0 fully saturated rings. The van der Waals surface area contributed by atoms with Crippen molar-refractivity contribution in [2.75, 3.05) is 0 Å². The second kappa shape index (κ2) is 5.30. The van der Waals surface area contributed by atoms with Crippen LogP contribution in [0, 0.1) is 5.82 Å². The maximum atomic E-state index is 13.4. The fourth-order valence-corrected chi connectivity index (χ4v) is 1.96. The predicted octanol–water partition coefficient (Wildman–Crippen LogP) is 4.44. The number of hydrogen-bond donors (Lipinski definition) is 1. The number of aliphatic hydroxyl groups is 1. The summed E-state index contributed by atoms with van der Waals surface area (Å²) in [5.41, 5.74) is -1.71. The number of aliphatic hydroxyl groups excluding tert-OH is 1. The Kier molecular flexibility index (Phi) is 4.68. The van der Waals surface area contributed by atoms with Crippen molar-refractivity contribution in [2.45, 2.75) is 17.1 Å². The van der Waals surface area contributed by atoms with Crippen LogP contribution in [-0.2, 0) is 6.18 Å². The van der Waals surface area contributed by atoms with Crippen LogP contribution in [0.25, 0.3) is 0 Å². The Balaban J connectivity index is 3.34. The highest BCUT2D eigenvalue weighted by molar-refractivity contribution is 9.10. The second-order valence-electron chi connectivity index (χ2n) is 3.13. The molecule has 1 nitrogen and oxygen atoms in total. The molecule has 1 atom stereocenters. The van der Waals surface area contributed by atoms with E-state index < -0.39 is 38.5 Å². The average molecular weight is 356 g/mol. The fraction of sp³-hybridized carbons (Fsp3) is 0.333. The van der Waals surface area contributed by atoms with E-state index in [4.69, 9.17) is 23.2 Å². The molecule has 1 rings (SSSR count). The van der Waals surface area contributed by atoms with E-state index in [0.717, 1.165) is 0 Å². The second-order valence-corrected chi connectivity index (χ2v) is 5.15. The Morgan fingerprint density at radius 3 is 2.18 bits per heavy atom. The van der Waals surface area contributed by atoms with Gasteiger partial charge in [0, 0.05) is 10.0 Å². The molecule has 0 saturated carbocycles. The summed E-state index contributed by atoms with van der Waals surface area (Å²) in [6.07, 6.45) is -6.40. The lowest BCUT2D eigenvalue weighted by Crippen LogP contribution is -2.13. The van der Waals surface area contributed by atoms with Crippen molar-refractivity contribution in [2.24, 2.45) is 0 Å². The van der Waals surface area contributed by atoms with Gasteiger partial charge in [0.15, 0.2) is 0 Å². The average Bonchev–Trinajstić information content (AvgIpc) is 2.14. The van der Waals surface area contributed by atoms with Crippen LogP contribution in [0.4, 0.5) is 17.6 Å². The number of benzene rings is 1. The molecule has 0 aliphatic carbocycles. The zero-order valence-corrected chi connectivity index (χ0v) is 11.0. The van der Waals surface area contributed by atoms with Crippen LogP contribution in [0.3, 0.4) is 0 Å². The Morgan fingerprint density at radius 2 is 1.76 bits per heavy atom. The van der Waals surface area contributed by atoms with Crippen molar-refractivity contribution in [3.63, 3.8) is 0 Å². The van der Waals surface area contributed by atoms with Gasteiger partial charge >= 0.3 is 6.18 Å². The number of rotatable bonds is 2. The summed E-state index contributed by atoms with van der Waals surface area (Å²) in [5, 5.41) is 9.37. The molecule has 1 aromatic carbocycles. The minimum atomic E-state index is -4.67. The summed E-state index contributed by atoms with van der Waals surface area (Å²) in [6.45, 7) is 0. The van der Waals surface area contributed by atoms with E-state index in [1.54, 1.807) is 0 Å². The van der Waals surface area contributed by atoms with Crippen LogP contribution >= 0.6 is 39.1 Å². The molecule has 0 aliphatic heterocycles. The van der Waals surface area contributed by atoms with Crippen LogP contribution in [0.2, 0.25) is 0 Å². The Hall–Kier alpha value is -0.0400. The third-order valence-corrected chi connectivity index (χ3v) is 3.08. The summed E-state index contributed by atoms with van der Waals surface area (Å²) in [4.78, 5) is -1.42. The van der Waals surface area contributed by atoms with Crippen LogP contribution in [-0.4, -0.2) is 9.94 Å². The Labute approximate surface area is 112 Å². The van der Waals surface area contributed by atoms with Crippen molar-refractivity contribution >= 4 is 39.1 Å². The maximum absolute atomic E-state index is 13.4. The molecule has 0 radical (unpaired) electrons. The molecule has 0 aromatic heterocycles. The van der Waals surface area contributed by atoms with Crippen molar-refractivity contribution in [3.8, 4) is 0 Å². The molecule has 0 spiro atoms. The first-order valence-electron chi connectivity index (χ1n) is 4.17. The summed E-state index contributed by atoms with van der Waals surface area (Å²) < 4.78 is 50.5. The summed E-state index contributed by atoms with van der Waals surface area (Å²) in [7, 11) is 0. The Bertz CT molecular complexity index is 422. The summed E-state index contributed by atoms with van der Waals surface area (Å²) in [5.74, 6) is -1.02.